The van der Waals surface area contributed by atoms with Crippen LogP contribution in [0.4, 0.5) is 0 Å². The van der Waals surface area contributed by atoms with Crippen LogP contribution in [0.25, 0.3) is 0 Å². The van der Waals surface area contributed by atoms with E-state index in [1.54, 1.807) is 0 Å². The molecule has 0 heterocycles. The second-order valence-electron chi connectivity index (χ2n) is 6.17. The minimum Gasteiger partial charge on any atom is -0.308 e. The molecule has 1 N–H and O–H groups in total. The maximum Gasteiger partial charge on any atom is 0.108 e. The molecule has 0 bridgehead atoms. The topological polar surface area (TPSA) is 42.3 Å². The molecule has 4 nitrogen and oxygen atoms in total. The molecule has 0 spiro atoms. The standard InChI is InChI=1S/C14H28N4/c1-12(2)16-14(11-15)7-6-13(10-14)18(5)9-8-17(3)4/h12-13,16H,6-10H2,1-5H3. The molecular formula is C14H28N4. The molecule has 0 aliphatic heterocycles. The highest BCUT2D eigenvalue weighted by molar-refractivity contribution is 5.13. The van der Waals surface area contributed by atoms with Gasteiger partial charge in [-0.05, 0) is 54.3 Å². The molecule has 1 rings (SSSR count). The SMILES string of the molecule is CC(C)NC1(C#N)CCC(N(C)CCN(C)C)C1. The number of nitriles is 1. The largest absolute Gasteiger partial charge is 0.308 e. The van der Waals surface area contributed by atoms with Crippen molar-refractivity contribution < 1.29 is 0 Å². The number of nitrogens with one attached hydrogen (secondary N) is 1. The van der Waals surface area contributed by atoms with E-state index in [1.165, 1.54) is 0 Å². The van der Waals surface area contributed by atoms with Gasteiger partial charge in [-0.2, -0.15) is 5.26 Å². The molecule has 0 radical (unpaired) electrons. The minimum absolute atomic E-state index is 0.300. The Morgan fingerprint density at radius 1 is 1.33 bits per heavy atom. The van der Waals surface area contributed by atoms with E-state index in [1.807, 2.05) is 0 Å². The molecule has 2 atom stereocenters. The monoisotopic (exact) mass is 252 g/mol. The molecule has 4 heteroatoms. The zero-order chi connectivity index (χ0) is 13.8. The van der Waals surface area contributed by atoms with Crippen molar-refractivity contribution in [3.8, 4) is 6.07 Å². The van der Waals surface area contributed by atoms with Crippen LogP contribution in [0, 0.1) is 11.3 Å². The Labute approximate surface area is 112 Å². The number of hydrogen-bond acceptors (Lipinski definition) is 4. The highest BCUT2D eigenvalue weighted by atomic mass is 15.2. The van der Waals surface area contributed by atoms with Crippen LogP contribution in [0.15, 0.2) is 0 Å². The molecule has 0 aromatic rings. The summed E-state index contributed by atoms with van der Waals surface area (Å²) in [6.07, 6.45) is 3.04. The fraction of sp³-hybridized carbons (Fsp3) is 0.929. The van der Waals surface area contributed by atoms with Gasteiger partial charge < -0.3 is 9.80 Å². The van der Waals surface area contributed by atoms with Gasteiger partial charge in [0.2, 0.25) is 0 Å². The number of likely N-dealkylation sites (N-methyl/N-ethyl adjacent to an activating group) is 2. The number of nitrogens with zero attached hydrogens (tertiary/aromatic N) is 3. The Bertz CT molecular complexity index is 295. The molecule has 0 aromatic heterocycles. The lowest BCUT2D eigenvalue weighted by molar-refractivity contribution is 0.211. The molecular weight excluding hydrogens is 224 g/mol. The van der Waals surface area contributed by atoms with Gasteiger partial charge in [0.15, 0.2) is 0 Å². The third-order valence-electron chi connectivity index (χ3n) is 3.79. The van der Waals surface area contributed by atoms with Crippen LogP contribution in [0.1, 0.15) is 33.1 Å². The smallest absolute Gasteiger partial charge is 0.108 e. The summed E-state index contributed by atoms with van der Waals surface area (Å²) in [5, 5.41) is 12.9. The van der Waals surface area contributed by atoms with Crippen molar-refractivity contribution >= 4 is 0 Å². The van der Waals surface area contributed by atoms with E-state index < -0.39 is 0 Å². The van der Waals surface area contributed by atoms with E-state index >= 15 is 0 Å². The van der Waals surface area contributed by atoms with Gasteiger partial charge in [0.1, 0.15) is 5.54 Å². The highest BCUT2D eigenvalue weighted by Gasteiger charge is 2.40. The summed E-state index contributed by atoms with van der Waals surface area (Å²) in [6, 6.07) is 3.42. The van der Waals surface area contributed by atoms with Gasteiger partial charge in [0, 0.05) is 25.2 Å². The predicted molar refractivity (Wildman–Crippen MR) is 75.4 cm³/mol. The first kappa shape index (κ1) is 15.4. The van der Waals surface area contributed by atoms with Crippen molar-refractivity contribution in [2.45, 2.75) is 50.7 Å². The molecule has 1 aliphatic rings. The summed E-state index contributed by atoms with van der Waals surface area (Å²) in [4.78, 5) is 4.61. The van der Waals surface area contributed by atoms with Gasteiger partial charge >= 0.3 is 0 Å². The summed E-state index contributed by atoms with van der Waals surface area (Å²) in [5.41, 5.74) is -0.300. The third-order valence-corrected chi connectivity index (χ3v) is 3.79. The van der Waals surface area contributed by atoms with Crippen LogP contribution in [0.3, 0.4) is 0 Å². The molecule has 104 valence electrons. The second kappa shape index (κ2) is 6.51. The van der Waals surface area contributed by atoms with Crippen LogP contribution in [0.5, 0.6) is 0 Å². The lowest BCUT2D eigenvalue weighted by Crippen LogP contribution is -2.47. The molecule has 0 aromatic carbocycles. The van der Waals surface area contributed by atoms with Gasteiger partial charge in [0.05, 0.1) is 6.07 Å². The Hall–Kier alpha value is -0.630. The molecule has 2 unspecified atom stereocenters. The Balaban J connectivity index is 2.51. The Morgan fingerprint density at radius 2 is 2.00 bits per heavy atom. The first-order chi connectivity index (χ1) is 8.38. The van der Waals surface area contributed by atoms with E-state index in [0.29, 0.717) is 12.1 Å². The highest BCUT2D eigenvalue weighted by Crippen LogP contribution is 2.32. The lowest BCUT2D eigenvalue weighted by Gasteiger charge is -2.29. The maximum absolute atomic E-state index is 9.44. The summed E-state index contributed by atoms with van der Waals surface area (Å²) in [5.74, 6) is 0. The fourth-order valence-electron chi connectivity index (χ4n) is 2.75. The van der Waals surface area contributed by atoms with Crippen LogP contribution >= 0.6 is 0 Å². The van der Waals surface area contributed by atoms with E-state index in [-0.39, 0.29) is 5.54 Å². The average molecular weight is 252 g/mol. The molecule has 0 saturated heterocycles. The lowest BCUT2D eigenvalue weighted by atomic mass is 9.98. The van der Waals surface area contributed by atoms with Crippen molar-refractivity contribution in [3.63, 3.8) is 0 Å². The van der Waals surface area contributed by atoms with Crippen LogP contribution in [0.2, 0.25) is 0 Å². The molecule has 1 aliphatic carbocycles. The molecule has 18 heavy (non-hydrogen) atoms. The van der Waals surface area contributed by atoms with Gasteiger partial charge in [-0.1, -0.05) is 0 Å². The van der Waals surface area contributed by atoms with Crippen molar-refractivity contribution in [2.24, 2.45) is 0 Å². The summed E-state index contributed by atoms with van der Waals surface area (Å²) >= 11 is 0. The Kier molecular flexibility index (Phi) is 5.58. The van der Waals surface area contributed by atoms with Crippen LogP contribution < -0.4 is 5.32 Å². The minimum atomic E-state index is -0.300. The summed E-state index contributed by atoms with van der Waals surface area (Å²) in [6.45, 7) is 6.37. The van der Waals surface area contributed by atoms with Crippen molar-refractivity contribution in [2.75, 3.05) is 34.2 Å². The first-order valence-corrected chi connectivity index (χ1v) is 6.92. The molecule has 1 fully saturated rings. The third kappa shape index (κ3) is 4.24. The van der Waals surface area contributed by atoms with Crippen molar-refractivity contribution in [1.29, 1.82) is 5.26 Å². The van der Waals surface area contributed by atoms with Gasteiger partial charge in [0.25, 0.3) is 0 Å². The van der Waals surface area contributed by atoms with Gasteiger partial charge in [-0.15, -0.1) is 0 Å². The number of hydrogen-bond donors (Lipinski definition) is 1. The van der Waals surface area contributed by atoms with E-state index in [9.17, 15) is 5.26 Å². The van der Waals surface area contributed by atoms with Gasteiger partial charge in [-0.3, -0.25) is 5.32 Å². The molecule has 0 amide bonds. The van der Waals surface area contributed by atoms with Crippen molar-refractivity contribution in [1.82, 2.24) is 15.1 Å². The summed E-state index contributed by atoms with van der Waals surface area (Å²) < 4.78 is 0. The van der Waals surface area contributed by atoms with Crippen LogP contribution in [-0.4, -0.2) is 61.7 Å². The summed E-state index contributed by atoms with van der Waals surface area (Å²) in [7, 11) is 6.38. The fourth-order valence-corrected chi connectivity index (χ4v) is 2.75. The first-order valence-electron chi connectivity index (χ1n) is 6.92. The predicted octanol–water partition coefficient (Wildman–Crippen LogP) is 1.29. The van der Waals surface area contributed by atoms with Crippen molar-refractivity contribution in [3.05, 3.63) is 0 Å². The van der Waals surface area contributed by atoms with Crippen LogP contribution in [-0.2, 0) is 0 Å². The second-order valence-corrected chi connectivity index (χ2v) is 6.17. The van der Waals surface area contributed by atoms with E-state index in [0.717, 1.165) is 32.4 Å². The maximum atomic E-state index is 9.44. The van der Waals surface area contributed by atoms with E-state index in [4.69, 9.17) is 0 Å². The average Bonchev–Trinajstić information content (AvgIpc) is 2.70. The quantitative estimate of drug-likeness (QED) is 0.773. The normalized spacial score (nSPS) is 28.3. The van der Waals surface area contributed by atoms with Gasteiger partial charge in [-0.25, -0.2) is 0 Å². The zero-order valence-electron chi connectivity index (χ0n) is 12.5. The number of rotatable bonds is 6. The molecule has 1 saturated carbocycles. The Morgan fingerprint density at radius 3 is 2.50 bits per heavy atom. The zero-order valence-corrected chi connectivity index (χ0v) is 12.5. The van der Waals surface area contributed by atoms with E-state index in [2.05, 4.69) is 56.2 Å².